The topological polar surface area (TPSA) is 52.0 Å². The third-order valence-electron chi connectivity index (χ3n) is 8.23. The number of nitrogens with two attached hydrogens (primary N) is 2. The zero-order valence-corrected chi connectivity index (χ0v) is 22.7. The van der Waals surface area contributed by atoms with Crippen LogP contribution in [-0.2, 0) is 5.41 Å². The smallest absolute Gasteiger partial charge is 0.0702 e. The lowest BCUT2D eigenvalue weighted by Crippen LogP contribution is -2.31. The Kier molecular flexibility index (Phi) is 6.02. The van der Waals surface area contributed by atoms with E-state index in [2.05, 4.69) is 133 Å². The zero-order valence-electron chi connectivity index (χ0n) is 22.7. The Hall–Kier alpha value is -5.34. The fourth-order valence-electron chi connectivity index (χ4n) is 6.23. The second-order valence-electron chi connectivity index (χ2n) is 10.7. The number of hydrogen-bond acceptors (Lipinski definition) is 2. The summed E-state index contributed by atoms with van der Waals surface area (Å²) in [5.41, 5.74) is 20.4. The Balaban J connectivity index is 1.55. The van der Waals surface area contributed by atoms with E-state index in [9.17, 15) is 0 Å². The van der Waals surface area contributed by atoms with E-state index >= 15 is 0 Å². The highest BCUT2D eigenvalue weighted by atomic mass is 14.5. The molecule has 0 aliphatic carbocycles. The van der Waals surface area contributed by atoms with Gasteiger partial charge in [-0.2, -0.15) is 0 Å². The van der Waals surface area contributed by atoms with Crippen molar-refractivity contribution in [3.05, 3.63) is 180 Å². The molecule has 4 N–H and O–H groups in total. The second-order valence-corrected chi connectivity index (χ2v) is 10.7. The summed E-state index contributed by atoms with van der Waals surface area (Å²) in [6.07, 6.45) is 0. The predicted molar refractivity (Wildman–Crippen MR) is 174 cm³/mol. The monoisotopic (exact) mass is 526 g/mol. The SMILES string of the molecule is Nc1ccc2cc(C(c3ccccc3)(c3ccc(-c4ccccc4)cc3)c3ccc4cc(N)ccc4c3)ccc2c1. The maximum absolute atomic E-state index is 6.14. The molecular formula is C39H30N2. The fourth-order valence-corrected chi connectivity index (χ4v) is 6.23. The minimum atomic E-state index is -0.568. The van der Waals surface area contributed by atoms with Crippen LogP contribution in [0.25, 0.3) is 32.7 Å². The van der Waals surface area contributed by atoms with Crippen LogP contribution in [-0.4, -0.2) is 0 Å². The van der Waals surface area contributed by atoms with Gasteiger partial charge in [-0.15, -0.1) is 0 Å². The Labute approximate surface area is 240 Å². The van der Waals surface area contributed by atoms with Crippen LogP contribution in [0.15, 0.2) is 158 Å². The first-order chi connectivity index (χ1) is 20.1. The van der Waals surface area contributed by atoms with Crippen molar-refractivity contribution in [1.29, 1.82) is 0 Å². The minimum Gasteiger partial charge on any atom is -0.399 e. The van der Waals surface area contributed by atoms with Gasteiger partial charge in [0.05, 0.1) is 5.41 Å². The largest absolute Gasteiger partial charge is 0.399 e. The Morgan fingerprint density at radius 2 is 0.707 bits per heavy atom. The predicted octanol–water partition coefficient (Wildman–Crippen LogP) is 9.21. The quantitative estimate of drug-likeness (QED) is 0.173. The molecule has 0 heterocycles. The molecule has 196 valence electrons. The number of anilines is 2. The summed E-state index contributed by atoms with van der Waals surface area (Å²) in [4.78, 5) is 0. The van der Waals surface area contributed by atoms with Gasteiger partial charge in [0, 0.05) is 11.4 Å². The second kappa shape index (κ2) is 10.0. The van der Waals surface area contributed by atoms with Crippen LogP contribution >= 0.6 is 0 Å². The van der Waals surface area contributed by atoms with Crippen LogP contribution in [0.4, 0.5) is 11.4 Å². The highest BCUT2D eigenvalue weighted by molar-refractivity contribution is 5.89. The summed E-state index contributed by atoms with van der Waals surface area (Å²) in [7, 11) is 0. The van der Waals surface area contributed by atoms with Crippen molar-refractivity contribution in [1.82, 2.24) is 0 Å². The van der Waals surface area contributed by atoms with E-state index in [1.165, 1.54) is 33.4 Å². The maximum Gasteiger partial charge on any atom is 0.0702 e. The molecule has 0 aliphatic rings. The van der Waals surface area contributed by atoms with Gasteiger partial charge in [-0.05, 0) is 91.3 Å². The molecule has 0 radical (unpaired) electrons. The molecule has 2 heteroatoms. The van der Waals surface area contributed by atoms with Crippen molar-refractivity contribution in [2.75, 3.05) is 11.5 Å². The van der Waals surface area contributed by atoms with Crippen molar-refractivity contribution in [2.24, 2.45) is 0 Å². The van der Waals surface area contributed by atoms with Gasteiger partial charge in [0.2, 0.25) is 0 Å². The molecule has 0 saturated heterocycles. The molecular weight excluding hydrogens is 496 g/mol. The standard InChI is InChI=1S/C39H30N2/c40-37-21-15-29-23-35(19-13-31(29)25-37)39(33-9-5-2-6-10-33,36-20-14-32-26-38(41)22-16-30(32)24-36)34-17-11-28(12-18-34)27-7-3-1-4-8-27/h1-26H,40-41H2. The fraction of sp³-hybridized carbons (Fsp3) is 0.0256. The molecule has 0 unspecified atom stereocenters. The molecule has 0 fully saturated rings. The van der Waals surface area contributed by atoms with Gasteiger partial charge in [0.25, 0.3) is 0 Å². The first kappa shape index (κ1) is 24.7. The van der Waals surface area contributed by atoms with Gasteiger partial charge in [-0.25, -0.2) is 0 Å². The third kappa shape index (κ3) is 4.31. The summed E-state index contributed by atoms with van der Waals surface area (Å²) in [5, 5.41) is 4.58. The molecule has 0 saturated carbocycles. The highest BCUT2D eigenvalue weighted by Crippen LogP contribution is 2.47. The van der Waals surface area contributed by atoms with Crippen LogP contribution in [0, 0.1) is 0 Å². The molecule has 7 aromatic rings. The number of nitrogen functional groups attached to an aromatic ring is 2. The van der Waals surface area contributed by atoms with Gasteiger partial charge < -0.3 is 11.5 Å². The van der Waals surface area contributed by atoms with Crippen LogP contribution < -0.4 is 11.5 Å². The molecule has 7 aromatic carbocycles. The van der Waals surface area contributed by atoms with Gasteiger partial charge in [-0.1, -0.05) is 121 Å². The van der Waals surface area contributed by atoms with Crippen molar-refractivity contribution in [3.63, 3.8) is 0 Å². The van der Waals surface area contributed by atoms with Crippen molar-refractivity contribution < 1.29 is 0 Å². The summed E-state index contributed by atoms with van der Waals surface area (Å²) in [6, 6.07) is 56.2. The zero-order chi connectivity index (χ0) is 27.8. The minimum absolute atomic E-state index is 0.568. The molecule has 0 aromatic heterocycles. The van der Waals surface area contributed by atoms with Crippen molar-refractivity contribution in [2.45, 2.75) is 5.41 Å². The van der Waals surface area contributed by atoms with E-state index in [1.54, 1.807) is 0 Å². The van der Waals surface area contributed by atoms with Crippen LogP contribution in [0.5, 0.6) is 0 Å². The van der Waals surface area contributed by atoms with Crippen molar-refractivity contribution in [3.8, 4) is 11.1 Å². The average Bonchev–Trinajstić information content (AvgIpc) is 3.03. The molecule has 0 bridgehead atoms. The molecule has 0 atom stereocenters. The van der Waals surface area contributed by atoms with E-state index < -0.39 is 5.41 Å². The molecule has 41 heavy (non-hydrogen) atoms. The van der Waals surface area contributed by atoms with E-state index in [0.717, 1.165) is 32.9 Å². The highest BCUT2D eigenvalue weighted by Gasteiger charge is 2.38. The number of benzene rings is 7. The lowest BCUT2D eigenvalue weighted by molar-refractivity contribution is 0.748. The summed E-state index contributed by atoms with van der Waals surface area (Å²) >= 11 is 0. The summed E-state index contributed by atoms with van der Waals surface area (Å²) in [6.45, 7) is 0. The average molecular weight is 527 g/mol. The maximum atomic E-state index is 6.14. The lowest BCUT2D eigenvalue weighted by Gasteiger charge is -2.37. The molecule has 0 spiro atoms. The molecule has 7 rings (SSSR count). The first-order valence-electron chi connectivity index (χ1n) is 13.9. The summed E-state index contributed by atoms with van der Waals surface area (Å²) in [5.74, 6) is 0. The van der Waals surface area contributed by atoms with E-state index in [1.807, 2.05) is 24.3 Å². The van der Waals surface area contributed by atoms with Crippen LogP contribution in [0.1, 0.15) is 22.3 Å². The Morgan fingerprint density at radius 3 is 1.24 bits per heavy atom. The molecule has 0 amide bonds. The summed E-state index contributed by atoms with van der Waals surface area (Å²) < 4.78 is 0. The number of hydrogen-bond donors (Lipinski definition) is 2. The lowest BCUT2D eigenvalue weighted by atomic mass is 9.64. The van der Waals surface area contributed by atoms with E-state index in [0.29, 0.717) is 0 Å². The Morgan fingerprint density at radius 1 is 0.317 bits per heavy atom. The normalized spacial score (nSPS) is 11.6. The van der Waals surface area contributed by atoms with Gasteiger partial charge >= 0.3 is 0 Å². The van der Waals surface area contributed by atoms with E-state index in [4.69, 9.17) is 11.5 Å². The molecule has 2 nitrogen and oxygen atoms in total. The third-order valence-corrected chi connectivity index (χ3v) is 8.23. The molecule has 0 aliphatic heterocycles. The first-order valence-corrected chi connectivity index (χ1v) is 13.9. The number of fused-ring (bicyclic) bond motifs is 2. The Bertz CT molecular complexity index is 1910. The number of rotatable bonds is 5. The van der Waals surface area contributed by atoms with Gasteiger partial charge in [-0.3, -0.25) is 0 Å². The van der Waals surface area contributed by atoms with Crippen LogP contribution in [0.3, 0.4) is 0 Å². The van der Waals surface area contributed by atoms with Gasteiger partial charge in [0.1, 0.15) is 0 Å². The van der Waals surface area contributed by atoms with Gasteiger partial charge in [0.15, 0.2) is 0 Å². The van der Waals surface area contributed by atoms with Crippen LogP contribution in [0.2, 0.25) is 0 Å². The van der Waals surface area contributed by atoms with E-state index in [-0.39, 0.29) is 0 Å². The van der Waals surface area contributed by atoms with Crippen molar-refractivity contribution >= 4 is 32.9 Å².